The van der Waals surface area contributed by atoms with Gasteiger partial charge in [-0.25, -0.2) is 4.79 Å². The molecule has 0 radical (unpaired) electrons. The first-order chi connectivity index (χ1) is 16.9. The molecule has 3 aliphatic rings. The Kier molecular flexibility index (Phi) is 6.12. The second kappa shape index (κ2) is 9.24. The number of methoxy groups -OCH3 is 2. The normalized spacial score (nSPS) is 26.0. The van der Waals surface area contributed by atoms with Crippen LogP contribution in [0.15, 0.2) is 24.3 Å². The van der Waals surface area contributed by atoms with E-state index in [1.807, 2.05) is 18.2 Å². The molecule has 1 unspecified atom stereocenters. The molecule has 0 spiro atoms. The molecular weight excluding hydrogens is 452 g/mol. The maximum Gasteiger partial charge on any atom is 0.328 e. The van der Waals surface area contributed by atoms with Crippen molar-refractivity contribution in [1.82, 2.24) is 20.5 Å². The lowest BCUT2D eigenvalue weighted by molar-refractivity contribution is -0.146. The number of esters is 1. The third-order valence-electron chi connectivity index (χ3n) is 7.48. The van der Waals surface area contributed by atoms with Gasteiger partial charge in [0.1, 0.15) is 23.5 Å². The number of rotatable bonds is 7. The lowest BCUT2D eigenvalue weighted by Gasteiger charge is -2.29. The standard InChI is InChI=1S/C25H30N4O6/c1-34-20-7-3-6-17-16(20)11-18(27-17)24(32)29-12-14-9-15(14)21(29)23(31)28-19(25(33)35-2)10-13-5-4-8-26-22(13)30/h3,6-7,11,13-15,19,21,27H,4-5,8-10,12H2,1-2H3,(H,26,30)(H,28,31)/t13-,14-,15-,19?,21-/m0/s1. The molecule has 1 aromatic heterocycles. The summed E-state index contributed by atoms with van der Waals surface area (Å²) >= 11 is 0. The number of aromatic nitrogens is 1. The number of fused-ring (bicyclic) bond motifs is 2. The molecular formula is C25H30N4O6. The molecule has 5 rings (SSSR count). The zero-order valence-electron chi connectivity index (χ0n) is 19.8. The molecule has 35 heavy (non-hydrogen) atoms. The van der Waals surface area contributed by atoms with Crippen molar-refractivity contribution in [3.05, 3.63) is 30.0 Å². The molecule has 1 aliphatic carbocycles. The monoisotopic (exact) mass is 482 g/mol. The Morgan fingerprint density at radius 3 is 2.83 bits per heavy atom. The lowest BCUT2D eigenvalue weighted by atomic mass is 9.91. The quantitative estimate of drug-likeness (QED) is 0.509. The Bertz CT molecular complexity index is 1180. The van der Waals surface area contributed by atoms with Gasteiger partial charge in [0.05, 0.1) is 14.2 Å². The van der Waals surface area contributed by atoms with Crippen LogP contribution < -0.4 is 15.4 Å². The topological polar surface area (TPSA) is 130 Å². The van der Waals surface area contributed by atoms with E-state index in [0.29, 0.717) is 31.0 Å². The van der Waals surface area contributed by atoms with Gasteiger partial charge in [-0.2, -0.15) is 0 Å². The van der Waals surface area contributed by atoms with Gasteiger partial charge in [-0.3, -0.25) is 14.4 Å². The number of carbonyl (C=O) groups is 4. The molecule has 10 nitrogen and oxygen atoms in total. The van der Waals surface area contributed by atoms with E-state index in [2.05, 4.69) is 15.6 Å². The van der Waals surface area contributed by atoms with Crippen LogP contribution in [0.1, 0.15) is 36.2 Å². The van der Waals surface area contributed by atoms with Crippen LogP contribution in [0.25, 0.3) is 10.9 Å². The summed E-state index contributed by atoms with van der Waals surface area (Å²) < 4.78 is 10.3. The average molecular weight is 483 g/mol. The molecule has 1 saturated carbocycles. The maximum absolute atomic E-state index is 13.5. The van der Waals surface area contributed by atoms with E-state index in [1.165, 1.54) is 7.11 Å². The third-order valence-corrected chi connectivity index (χ3v) is 7.48. The molecule has 2 saturated heterocycles. The van der Waals surface area contributed by atoms with Crippen LogP contribution in [0.4, 0.5) is 0 Å². The van der Waals surface area contributed by atoms with Crippen LogP contribution in [0.2, 0.25) is 0 Å². The molecule has 186 valence electrons. The highest BCUT2D eigenvalue weighted by atomic mass is 16.5. The van der Waals surface area contributed by atoms with Crippen LogP contribution in [0, 0.1) is 17.8 Å². The van der Waals surface area contributed by atoms with E-state index in [-0.39, 0.29) is 41.9 Å². The minimum Gasteiger partial charge on any atom is -0.496 e. The smallest absolute Gasteiger partial charge is 0.328 e. The van der Waals surface area contributed by atoms with E-state index in [1.54, 1.807) is 18.1 Å². The molecule has 3 amide bonds. The fourth-order valence-corrected chi connectivity index (χ4v) is 5.54. The van der Waals surface area contributed by atoms with Gasteiger partial charge in [-0.05, 0) is 55.7 Å². The highest BCUT2D eigenvalue weighted by molar-refractivity contribution is 6.02. The number of piperidine rings is 2. The molecule has 10 heteroatoms. The van der Waals surface area contributed by atoms with Gasteiger partial charge in [-0.15, -0.1) is 0 Å². The third kappa shape index (κ3) is 4.33. The summed E-state index contributed by atoms with van der Waals surface area (Å²) in [5, 5.41) is 6.40. The Hall–Kier alpha value is -3.56. The number of ether oxygens (including phenoxy) is 2. The first-order valence-corrected chi connectivity index (χ1v) is 12.0. The predicted octanol–water partition coefficient (Wildman–Crippen LogP) is 1.21. The second-order valence-corrected chi connectivity index (χ2v) is 9.62. The van der Waals surface area contributed by atoms with Gasteiger partial charge in [0, 0.05) is 29.9 Å². The fraction of sp³-hybridized carbons (Fsp3) is 0.520. The number of likely N-dealkylation sites (tertiary alicyclic amines) is 1. The molecule has 3 fully saturated rings. The number of nitrogens with zero attached hydrogens (tertiary/aromatic N) is 1. The van der Waals surface area contributed by atoms with Crippen molar-refractivity contribution in [2.24, 2.45) is 17.8 Å². The summed E-state index contributed by atoms with van der Waals surface area (Å²) in [6.07, 6.45) is 2.51. The van der Waals surface area contributed by atoms with E-state index < -0.39 is 18.1 Å². The number of hydrogen-bond acceptors (Lipinski definition) is 6. The number of nitrogens with one attached hydrogen (secondary N) is 3. The van der Waals surface area contributed by atoms with E-state index >= 15 is 0 Å². The number of H-pyrrole nitrogens is 1. The fourth-order valence-electron chi connectivity index (χ4n) is 5.54. The van der Waals surface area contributed by atoms with Crippen molar-refractivity contribution in [2.45, 2.75) is 37.8 Å². The summed E-state index contributed by atoms with van der Waals surface area (Å²) in [6, 6.07) is 5.65. The molecule has 2 aromatic rings. The van der Waals surface area contributed by atoms with Crippen molar-refractivity contribution < 1.29 is 28.7 Å². The summed E-state index contributed by atoms with van der Waals surface area (Å²) in [7, 11) is 2.83. The highest BCUT2D eigenvalue weighted by Crippen LogP contribution is 2.50. The average Bonchev–Trinajstić information content (AvgIpc) is 3.31. The van der Waals surface area contributed by atoms with Crippen LogP contribution in [-0.2, 0) is 19.1 Å². The first-order valence-electron chi connectivity index (χ1n) is 12.0. The zero-order chi connectivity index (χ0) is 24.7. The van der Waals surface area contributed by atoms with Crippen molar-refractivity contribution >= 4 is 34.6 Å². The van der Waals surface area contributed by atoms with Crippen molar-refractivity contribution in [2.75, 3.05) is 27.3 Å². The minimum atomic E-state index is -0.951. The SMILES string of the molecule is COC(=O)C(C[C@@H]1CCCNC1=O)NC(=O)[C@@H]1[C@H]2C[C@H]2CN1C(=O)c1cc2c(OC)cccc2[nH]1. The predicted molar refractivity (Wildman–Crippen MR) is 126 cm³/mol. The minimum absolute atomic E-state index is 0.0640. The van der Waals surface area contributed by atoms with Crippen LogP contribution in [0.5, 0.6) is 5.75 Å². The molecule has 3 heterocycles. The molecule has 0 bridgehead atoms. The number of aromatic amines is 1. The van der Waals surface area contributed by atoms with E-state index in [9.17, 15) is 19.2 Å². The molecule has 1 aromatic carbocycles. The van der Waals surface area contributed by atoms with Crippen molar-refractivity contribution in [3.63, 3.8) is 0 Å². The summed E-state index contributed by atoms with van der Waals surface area (Å²) in [5.41, 5.74) is 1.15. The van der Waals surface area contributed by atoms with Gasteiger partial charge < -0.3 is 30.0 Å². The maximum atomic E-state index is 13.5. The van der Waals surface area contributed by atoms with Gasteiger partial charge in [0.15, 0.2) is 0 Å². The van der Waals surface area contributed by atoms with E-state index in [4.69, 9.17) is 9.47 Å². The van der Waals surface area contributed by atoms with Crippen molar-refractivity contribution in [3.8, 4) is 5.75 Å². The largest absolute Gasteiger partial charge is 0.496 e. The van der Waals surface area contributed by atoms with E-state index in [0.717, 1.165) is 23.7 Å². The number of benzene rings is 1. The number of carbonyl (C=O) groups excluding carboxylic acids is 4. The van der Waals surface area contributed by atoms with Gasteiger partial charge in [-0.1, -0.05) is 6.07 Å². The van der Waals surface area contributed by atoms with Crippen LogP contribution in [-0.4, -0.2) is 73.0 Å². The van der Waals surface area contributed by atoms with Gasteiger partial charge >= 0.3 is 5.97 Å². The van der Waals surface area contributed by atoms with Gasteiger partial charge in [0.25, 0.3) is 5.91 Å². The Morgan fingerprint density at radius 2 is 2.09 bits per heavy atom. The number of amides is 3. The summed E-state index contributed by atoms with van der Waals surface area (Å²) in [6.45, 7) is 1.11. The van der Waals surface area contributed by atoms with Gasteiger partial charge in [0.2, 0.25) is 11.8 Å². The Morgan fingerprint density at radius 1 is 1.26 bits per heavy atom. The molecule has 5 atom stereocenters. The zero-order valence-corrected chi connectivity index (χ0v) is 19.8. The van der Waals surface area contributed by atoms with Crippen LogP contribution >= 0.6 is 0 Å². The van der Waals surface area contributed by atoms with Crippen molar-refractivity contribution in [1.29, 1.82) is 0 Å². The second-order valence-electron chi connectivity index (χ2n) is 9.62. The summed E-state index contributed by atoms with van der Waals surface area (Å²) in [5.74, 6) is -0.742. The van der Waals surface area contributed by atoms with Crippen LogP contribution in [0.3, 0.4) is 0 Å². The Balaban J connectivity index is 1.34. The highest BCUT2D eigenvalue weighted by Gasteiger charge is 2.57. The molecule has 2 aliphatic heterocycles. The first kappa shape index (κ1) is 23.2. The lowest BCUT2D eigenvalue weighted by Crippen LogP contribution is -2.53. The Labute approximate surface area is 202 Å². The molecule has 3 N–H and O–H groups in total. The summed E-state index contributed by atoms with van der Waals surface area (Å²) in [4.78, 5) is 56.3. The number of hydrogen-bond donors (Lipinski definition) is 3.